The van der Waals surface area contributed by atoms with Crippen molar-refractivity contribution in [3.05, 3.63) is 0 Å². The zero-order valence-corrected chi connectivity index (χ0v) is 7.13. The van der Waals surface area contributed by atoms with Gasteiger partial charge in [-0.2, -0.15) is 0 Å². The van der Waals surface area contributed by atoms with Crippen LogP contribution in [-0.4, -0.2) is 18.0 Å². The summed E-state index contributed by atoms with van der Waals surface area (Å²) < 4.78 is 0. The number of carbonyl (C=O) groups is 1. The Morgan fingerprint density at radius 2 is 2.27 bits per heavy atom. The van der Waals surface area contributed by atoms with Gasteiger partial charge in [-0.15, -0.1) is 0 Å². The lowest BCUT2D eigenvalue weighted by molar-refractivity contribution is -0.124. The lowest BCUT2D eigenvalue weighted by atomic mass is 9.90. The molecule has 0 aromatic rings. The van der Waals surface area contributed by atoms with Crippen molar-refractivity contribution in [3.63, 3.8) is 0 Å². The minimum absolute atomic E-state index is 0.144. The van der Waals surface area contributed by atoms with E-state index in [1.54, 1.807) is 0 Å². The minimum atomic E-state index is 0.144. The van der Waals surface area contributed by atoms with Crippen LogP contribution in [0.3, 0.4) is 0 Å². The molecule has 3 heteroatoms. The Kier molecular flexibility index (Phi) is 2.49. The van der Waals surface area contributed by atoms with Crippen LogP contribution in [0.1, 0.15) is 26.7 Å². The van der Waals surface area contributed by atoms with Gasteiger partial charge in [0.2, 0.25) is 5.91 Å². The topological polar surface area (TPSA) is 55.1 Å². The third-order valence-corrected chi connectivity index (χ3v) is 2.21. The number of rotatable bonds is 1. The smallest absolute Gasteiger partial charge is 0.220 e. The van der Waals surface area contributed by atoms with Crippen LogP contribution in [0.4, 0.5) is 0 Å². The van der Waals surface area contributed by atoms with Crippen LogP contribution in [-0.2, 0) is 4.79 Å². The van der Waals surface area contributed by atoms with E-state index in [-0.39, 0.29) is 18.0 Å². The van der Waals surface area contributed by atoms with Crippen LogP contribution in [0.5, 0.6) is 0 Å². The number of hydrogen-bond donors (Lipinski definition) is 2. The van der Waals surface area contributed by atoms with Crippen LogP contribution in [0.25, 0.3) is 0 Å². The SMILES string of the molecule is CC(C)C1NC(=O)CCC1N. The van der Waals surface area contributed by atoms with Crippen LogP contribution in [0, 0.1) is 5.92 Å². The van der Waals surface area contributed by atoms with Crippen molar-refractivity contribution in [2.75, 3.05) is 0 Å². The molecule has 0 spiro atoms. The summed E-state index contributed by atoms with van der Waals surface area (Å²) in [4.78, 5) is 11.0. The Labute approximate surface area is 67.3 Å². The van der Waals surface area contributed by atoms with E-state index in [2.05, 4.69) is 19.2 Å². The number of nitrogens with two attached hydrogens (primary N) is 1. The fourth-order valence-electron chi connectivity index (χ4n) is 1.50. The van der Waals surface area contributed by atoms with Gasteiger partial charge in [-0.1, -0.05) is 13.8 Å². The molecule has 1 amide bonds. The lowest BCUT2D eigenvalue weighted by Crippen LogP contribution is -2.54. The molecule has 64 valence electrons. The second kappa shape index (κ2) is 3.22. The predicted molar refractivity (Wildman–Crippen MR) is 44.0 cm³/mol. The van der Waals surface area contributed by atoms with E-state index in [4.69, 9.17) is 5.73 Å². The fraction of sp³-hybridized carbons (Fsp3) is 0.875. The number of hydrogen-bond acceptors (Lipinski definition) is 2. The summed E-state index contributed by atoms with van der Waals surface area (Å²) in [7, 11) is 0. The van der Waals surface area contributed by atoms with Gasteiger partial charge in [-0.3, -0.25) is 4.79 Å². The van der Waals surface area contributed by atoms with Crippen LogP contribution >= 0.6 is 0 Å². The maximum Gasteiger partial charge on any atom is 0.220 e. The van der Waals surface area contributed by atoms with Crippen molar-refractivity contribution in [2.24, 2.45) is 11.7 Å². The second-order valence-electron chi connectivity index (χ2n) is 3.54. The second-order valence-corrected chi connectivity index (χ2v) is 3.54. The van der Waals surface area contributed by atoms with E-state index in [1.165, 1.54) is 0 Å². The van der Waals surface area contributed by atoms with Gasteiger partial charge in [0.1, 0.15) is 0 Å². The van der Waals surface area contributed by atoms with Gasteiger partial charge in [0.05, 0.1) is 0 Å². The highest BCUT2D eigenvalue weighted by atomic mass is 16.1. The molecule has 0 aromatic heterocycles. The third kappa shape index (κ3) is 1.93. The van der Waals surface area contributed by atoms with Gasteiger partial charge >= 0.3 is 0 Å². The Hall–Kier alpha value is -0.570. The van der Waals surface area contributed by atoms with Crippen molar-refractivity contribution >= 4 is 5.91 Å². The standard InChI is InChI=1S/C8H16N2O/c1-5(2)8-6(9)3-4-7(11)10-8/h5-6,8H,3-4,9H2,1-2H3,(H,10,11). The van der Waals surface area contributed by atoms with Crippen LogP contribution in [0.15, 0.2) is 0 Å². The summed E-state index contributed by atoms with van der Waals surface area (Å²) >= 11 is 0. The summed E-state index contributed by atoms with van der Waals surface area (Å²) in [5.74, 6) is 0.583. The first-order chi connectivity index (χ1) is 5.11. The lowest BCUT2D eigenvalue weighted by Gasteiger charge is -2.32. The van der Waals surface area contributed by atoms with Crippen molar-refractivity contribution < 1.29 is 4.79 Å². The first kappa shape index (κ1) is 8.53. The summed E-state index contributed by atoms with van der Waals surface area (Å²) in [6.07, 6.45) is 1.42. The average molecular weight is 156 g/mol. The summed E-state index contributed by atoms with van der Waals surface area (Å²) in [5.41, 5.74) is 5.83. The molecule has 1 aliphatic heterocycles. The predicted octanol–water partition coefficient (Wildman–Crippen LogP) is 0.248. The van der Waals surface area contributed by atoms with E-state index in [0.29, 0.717) is 12.3 Å². The van der Waals surface area contributed by atoms with Crippen molar-refractivity contribution in [1.82, 2.24) is 5.32 Å². The first-order valence-electron chi connectivity index (χ1n) is 4.16. The number of amides is 1. The number of piperidine rings is 1. The molecule has 0 radical (unpaired) electrons. The van der Waals surface area contributed by atoms with Crippen molar-refractivity contribution in [3.8, 4) is 0 Å². The highest BCUT2D eigenvalue weighted by Crippen LogP contribution is 2.13. The number of carbonyl (C=O) groups excluding carboxylic acids is 1. The average Bonchev–Trinajstić information content (AvgIpc) is 1.94. The highest BCUT2D eigenvalue weighted by molar-refractivity contribution is 5.77. The zero-order valence-electron chi connectivity index (χ0n) is 7.13. The summed E-state index contributed by atoms with van der Waals surface area (Å²) in [5, 5.41) is 2.90. The van der Waals surface area contributed by atoms with Gasteiger partial charge in [0.25, 0.3) is 0 Å². The van der Waals surface area contributed by atoms with Gasteiger partial charge in [-0.25, -0.2) is 0 Å². The Morgan fingerprint density at radius 3 is 2.73 bits per heavy atom. The van der Waals surface area contributed by atoms with Crippen molar-refractivity contribution in [1.29, 1.82) is 0 Å². The van der Waals surface area contributed by atoms with Crippen LogP contribution in [0.2, 0.25) is 0 Å². The molecule has 11 heavy (non-hydrogen) atoms. The van der Waals surface area contributed by atoms with Gasteiger partial charge in [-0.05, 0) is 12.3 Å². The molecule has 3 N–H and O–H groups in total. The van der Waals surface area contributed by atoms with E-state index in [0.717, 1.165) is 6.42 Å². The monoisotopic (exact) mass is 156 g/mol. The molecule has 0 aliphatic carbocycles. The number of nitrogens with one attached hydrogen (secondary N) is 1. The van der Waals surface area contributed by atoms with E-state index in [1.807, 2.05) is 0 Å². The molecular formula is C8H16N2O. The molecule has 1 aliphatic rings. The van der Waals surface area contributed by atoms with Crippen LogP contribution < -0.4 is 11.1 Å². The third-order valence-electron chi connectivity index (χ3n) is 2.21. The van der Waals surface area contributed by atoms with Gasteiger partial charge in [0, 0.05) is 18.5 Å². The molecule has 1 heterocycles. The minimum Gasteiger partial charge on any atom is -0.352 e. The molecule has 2 unspecified atom stereocenters. The summed E-state index contributed by atoms with van der Waals surface area (Å²) in [6.45, 7) is 4.16. The molecule has 1 rings (SSSR count). The Bertz CT molecular complexity index is 156. The molecule has 0 bridgehead atoms. The Morgan fingerprint density at radius 1 is 1.64 bits per heavy atom. The molecule has 1 saturated heterocycles. The quantitative estimate of drug-likeness (QED) is 0.571. The maximum absolute atomic E-state index is 11.0. The van der Waals surface area contributed by atoms with Gasteiger partial charge < -0.3 is 11.1 Å². The molecular weight excluding hydrogens is 140 g/mol. The molecule has 1 fully saturated rings. The van der Waals surface area contributed by atoms with Gasteiger partial charge in [0.15, 0.2) is 0 Å². The highest BCUT2D eigenvalue weighted by Gasteiger charge is 2.27. The normalized spacial score (nSPS) is 32.2. The fourth-order valence-corrected chi connectivity index (χ4v) is 1.50. The van der Waals surface area contributed by atoms with E-state index >= 15 is 0 Å². The molecule has 2 atom stereocenters. The molecule has 3 nitrogen and oxygen atoms in total. The molecule has 0 saturated carbocycles. The van der Waals surface area contributed by atoms with Crippen molar-refractivity contribution in [2.45, 2.75) is 38.8 Å². The first-order valence-corrected chi connectivity index (χ1v) is 4.16. The largest absolute Gasteiger partial charge is 0.352 e. The zero-order chi connectivity index (χ0) is 8.43. The molecule has 0 aromatic carbocycles. The Balaban J connectivity index is 2.54. The summed E-state index contributed by atoms with van der Waals surface area (Å²) in [6, 6.07) is 0.323. The van der Waals surface area contributed by atoms with E-state index in [9.17, 15) is 4.79 Å². The van der Waals surface area contributed by atoms with E-state index < -0.39 is 0 Å². The maximum atomic E-state index is 11.0.